The lowest BCUT2D eigenvalue weighted by molar-refractivity contribution is -0.208. The van der Waals surface area contributed by atoms with E-state index in [2.05, 4.69) is 26.2 Å². The van der Waals surface area contributed by atoms with Crippen molar-refractivity contribution in [3.63, 3.8) is 0 Å². The topological polar surface area (TPSA) is 81.2 Å². The van der Waals surface area contributed by atoms with Crippen LogP contribution in [0.4, 0.5) is 13.2 Å². The predicted octanol–water partition coefficient (Wildman–Crippen LogP) is 2.28. The number of halogens is 3. The fraction of sp³-hybridized carbons (Fsp3) is 0.944. The van der Waals surface area contributed by atoms with Crippen molar-refractivity contribution < 1.29 is 23.1 Å². The zero-order chi connectivity index (χ0) is 19.7. The number of piperidine rings is 1. The summed E-state index contributed by atoms with van der Waals surface area (Å²) < 4.78 is 47.3. The quantitative estimate of drug-likeness (QED) is 0.366. The van der Waals surface area contributed by atoms with E-state index in [1.165, 1.54) is 0 Å². The molecular formula is C18H30F3N5O2. The van der Waals surface area contributed by atoms with Crippen molar-refractivity contribution in [1.29, 1.82) is 0 Å². The third-order valence-electron chi connectivity index (χ3n) is 6.66. The highest BCUT2D eigenvalue weighted by Crippen LogP contribution is 2.40. The second-order valence-electron chi connectivity index (χ2n) is 8.39. The largest absolute Gasteiger partial charge is 0.411 e. The van der Waals surface area contributed by atoms with Crippen LogP contribution in [0.3, 0.4) is 0 Å². The Morgan fingerprint density at radius 2 is 1.86 bits per heavy atom. The minimum atomic E-state index is -4.22. The minimum absolute atomic E-state index is 0.0855. The molecule has 0 aromatic heterocycles. The summed E-state index contributed by atoms with van der Waals surface area (Å²) in [5.41, 5.74) is 6.54. The number of rotatable bonds is 0. The normalized spacial score (nSPS) is 42.3. The maximum absolute atomic E-state index is 13.8. The van der Waals surface area contributed by atoms with Crippen LogP contribution in [0.15, 0.2) is 5.16 Å². The van der Waals surface area contributed by atoms with Crippen LogP contribution in [0.1, 0.15) is 57.8 Å². The van der Waals surface area contributed by atoms with Crippen molar-refractivity contribution in [2.75, 3.05) is 6.54 Å². The minimum Gasteiger partial charge on any atom is -0.411 e. The van der Waals surface area contributed by atoms with Crippen molar-refractivity contribution in [1.82, 2.24) is 21.1 Å². The molecule has 4 N–H and O–H groups in total. The second kappa shape index (κ2) is 8.43. The monoisotopic (exact) mass is 405 g/mol. The van der Waals surface area contributed by atoms with Crippen molar-refractivity contribution in [2.24, 2.45) is 11.1 Å². The van der Waals surface area contributed by atoms with E-state index in [-0.39, 0.29) is 18.5 Å². The lowest BCUT2D eigenvalue weighted by Crippen LogP contribution is -2.64. The Bertz CT molecular complexity index is 576. The first-order valence-corrected chi connectivity index (χ1v) is 10.4. The molecule has 10 heteroatoms. The van der Waals surface area contributed by atoms with E-state index in [1.807, 2.05) is 0 Å². The molecule has 0 spiro atoms. The molecule has 4 heterocycles. The van der Waals surface area contributed by atoms with E-state index in [4.69, 9.17) is 4.74 Å². The van der Waals surface area contributed by atoms with Gasteiger partial charge in [-0.3, -0.25) is 10.2 Å². The molecule has 4 saturated heterocycles. The van der Waals surface area contributed by atoms with E-state index in [0.29, 0.717) is 25.1 Å². The molecule has 0 saturated carbocycles. The number of ether oxygens (including phenoxy) is 1. The maximum atomic E-state index is 13.8. The molecule has 0 aromatic rings. The van der Waals surface area contributed by atoms with Crippen LogP contribution in [0.5, 0.6) is 0 Å². The molecule has 28 heavy (non-hydrogen) atoms. The Morgan fingerprint density at radius 3 is 2.64 bits per heavy atom. The Kier molecular flexibility index (Phi) is 6.12. The SMILES string of the molecule is ON=C1CCCCC[C@@H]2CCCN2C2NC(CCC2C(F)(F)F)C2NNC1O2. The summed E-state index contributed by atoms with van der Waals surface area (Å²) in [5.74, 6) is -1.36. The molecule has 7 nitrogen and oxygen atoms in total. The van der Waals surface area contributed by atoms with Gasteiger partial charge in [-0.15, -0.1) is 0 Å². The van der Waals surface area contributed by atoms with E-state index >= 15 is 0 Å². The molecule has 0 aromatic carbocycles. The third-order valence-corrected chi connectivity index (χ3v) is 6.66. The van der Waals surface area contributed by atoms with Gasteiger partial charge in [-0.1, -0.05) is 18.0 Å². The van der Waals surface area contributed by atoms with Gasteiger partial charge in [0.1, 0.15) is 11.9 Å². The van der Waals surface area contributed by atoms with Gasteiger partial charge in [-0.2, -0.15) is 13.2 Å². The lowest BCUT2D eigenvalue weighted by atomic mass is 9.88. The van der Waals surface area contributed by atoms with Crippen LogP contribution in [-0.4, -0.2) is 59.2 Å². The second-order valence-corrected chi connectivity index (χ2v) is 8.39. The van der Waals surface area contributed by atoms with Crippen LogP contribution < -0.4 is 16.2 Å². The molecule has 5 unspecified atom stereocenters. The molecule has 4 fully saturated rings. The summed E-state index contributed by atoms with van der Waals surface area (Å²) in [7, 11) is 0. The van der Waals surface area contributed by atoms with Gasteiger partial charge in [0.2, 0.25) is 0 Å². The molecular weight excluding hydrogens is 375 g/mol. The van der Waals surface area contributed by atoms with Crippen LogP contribution in [0.25, 0.3) is 0 Å². The molecule has 4 rings (SSSR count). The van der Waals surface area contributed by atoms with Gasteiger partial charge in [-0.25, -0.2) is 10.9 Å². The molecule has 0 amide bonds. The Hall–Kier alpha value is -0.940. The highest BCUT2D eigenvalue weighted by atomic mass is 19.4. The fourth-order valence-corrected chi connectivity index (χ4v) is 5.20. The molecule has 0 radical (unpaired) electrons. The molecule has 6 atom stereocenters. The smallest absolute Gasteiger partial charge is 0.394 e. The number of fused-ring (bicyclic) bond motifs is 7. The number of nitrogens with one attached hydrogen (secondary N) is 3. The van der Waals surface area contributed by atoms with Crippen molar-refractivity contribution in [2.45, 2.75) is 94.7 Å². The zero-order valence-electron chi connectivity index (χ0n) is 15.9. The summed E-state index contributed by atoms with van der Waals surface area (Å²) >= 11 is 0. The zero-order valence-corrected chi connectivity index (χ0v) is 15.9. The van der Waals surface area contributed by atoms with Crippen molar-refractivity contribution in [3.05, 3.63) is 0 Å². The van der Waals surface area contributed by atoms with Gasteiger partial charge in [0, 0.05) is 12.1 Å². The molecule has 4 aliphatic heterocycles. The third kappa shape index (κ3) is 4.16. The van der Waals surface area contributed by atoms with Gasteiger partial charge in [0.25, 0.3) is 0 Å². The fourth-order valence-electron chi connectivity index (χ4n) is 5.20. The lowest BCUT2D eigenvalue weighted by Gasteiger charge is -2.46. The van der Waals surface area contributed by atoms with Gasteiger partial charge in [0.15, 0.2) is 6.23 Å². The van der Waals surface area contributed by atoms with E-state index in [0.717, 1.165) is 38.5 Å². The Labute approximate surface area is 163 Å². The average molecular weight is 405 g/mol. The maximum Gasteiger partial charge on any atom is 0.394 e. The molecule has 4 bridgehead atoms. The first-order valence-electron chi connectivity index (χ1n) is 10.4. The average Bonchev–Trinajstić information content (AvgIpc) is 3.32. The number of hydrogen-bond acceptors (Lipinski definition) is 7. The standard InChI is InChI=1S/C18H30F3N5O2/c19-18(20,21)12-8-9-13-16-23-24-17(28-16)14(25-27)7-3-1-2-5-11-6-4-10-26(11)15(12)22-13/h11-13,15-17,22-24,27H,1-10H2/t11-,12?,13?,15?,16?,17?/m1/s1. The van der Waals surface area contributed by atoms with Gasteiger partial charge < -0.3 is 9.94 Å². The molecule has 4 aliphatic rings. The Morgan fingerprint density at radius 1 is 1.04 bits per heavy atom. The summed E-state index contributed by atoms with van der Waals surface area (Å²) in [4.78, 5) is 2.07. The number of alkyl halides is 3. The van der Waals surface area contributed by atoms with E-state index in [9.17, 15) is 18.4 Å². The van der Waals surface area contributed by atoms with E-state index in [1.54, 1.807) is 0 Å². The van der Waals surface area contributed by atoms with Gasteiger partial charge in [-0.05, 0) is 51.5 Å². The van der Waals surface area contributed by atoms with Gasteiger partial charge in [0.05, 0.1) is 12.1 Å². The van der Waals surface area contributed by atoms with Crippen LogP contribution >= 0.6 is 0 Å². The van der Waals surface area contributed by atoms with E-state index < -0.39 is 30.7 Å². The summed E-state index contributed by atoms with van der Waals surface area (Å²) in [6.07, 6.45) is 0.733. The summed E-state index contributed by atoms with van der Waals surface area (Å²) in [5, 5.41) is 16.0. The highest BCUT2D eigenvalue weighted by Gasteiger charge is 2.52. The van der Waals surface area contributed by atoms with Crippen LogP contribution in [0, 0.1) is 5.92 Å². The number of hydrazine groups is 1. The number of hydrogen-bond donors (Lipinski definition) is 4. The van der Waals surface area contributed by atoms with Crippen molar-refractivity contribution >= 4 is 5.71 Å². The van der Waals surface area contributed by atoms with Crippen LogP contribution in [0.2, 0.25) is 0 Å². The van der Waals surface area contributed by atoms with Gasteiger partial charge >= 0.3 is 6.18 Å². The number of nitrogens with zero attached hydrogens (tertiary/aromatic N) is 2. The summed E-state index contributed by atoms with van der Waals surface area (Å²) in [6, 6.07) is -0.0522. The first kappa shape index (κ1) is 20.3. The first-order chi connectivity index (χ1) is 13.5. The highest BCUT2D eigenvalue weighted by molar-refractivity contribution is 5.88. The molecule has 160 valence electrons. The summed E-state index contributed by atoms with van der Waals surface area (Å²) in [6.45, 7) is 0.711. The predicted molar refractivity (Wildman–Crippen MR) is 96.5 cm³/mol. The van der Waals surface area contributed by atoms with Crippen molar-refractivity contribution in [3.8, 4) is 0 Å². The molecule has 0 aliphatic carbocycles. The van der Waals surface area contributed by atoms with Crippen LogP contribution in [-0.2, 0) is 4.74 Å². The number of oxime groups is 1. The Balaban J connectivity index is 1.57.